The van der Waals surface area contributed by atoms with E-state index in [2.05, 4.69) is 200 Å². The predicted octanol–water partition coefficient (Wildman–Crippen LogP) is 14.4. The molecule has 0 N–H and O–H groups in total. The highest BCUT2D eigenvalue weighted by Gasteiger charge is 2.53. The van der Waals surface area contributed by atoms with E-state index in [-0.39, 0.29) is 0 Å². The molecule has 2 aromatic heterocycles. The molecule has 0 unspecified atom stereocenters. The van der Waals surface area contributed by atoms with Crippen LogP contribution in [0.25, 0.3) is 87.8 Å². The minimum absolute atomic E-state index is 0.439. The summed E-state index contributed by atoms with van der Waals surface area (Å²) < 4.78 is 1.33. The van der Waals surface area contributed by atoms with Gasteiger partial charge in [0, 0.05) is 26.3 Å². The Bertz CT molecular complexity index is 3220. The van der Waals surface area contributed by atoms with Crippen molar-refractivity contribution >= 4 is 21.4 Å². The van der Waals surface area contributed by atoms with Gasteiger partial charge >= 0.3 is 0 Å². The van der Waals surface area contributed by atoms with Crippen LogP contribution in [0.4, 0.5) is 0 Å². The van der Waals surface area contributed by atoms with Crippen LogP contribution in [0.3, 0.4) is 0 Å². The molecule has 8 aromatic carbocycles. The molecular weight excluding hydrogens is 721 g/mol. The maximum Gasteiger partial charge on any atom is 0.161 e. The molecule has 0 saturated heterocycles. The van der Waals surface area contributed by atoms with E-state index >= 15 is 0 Å². The highest BCUT2D eigenvalue weighted by molar-refractivity contribution is 7.22. The molecule has 2 aliphatic carbocycles. The second-order valence-electron chi connectivity index (χ2n) is 15.2. The lowest BCUT2D eigenvalue weighted by molar-refractivity contribution is 0.803. The first-order valence-electron chi connectivity index (χ1n) is 19.8. The molecule has 2 aliphatic rings. The zero-order chi connectivity index (χ0) is 38.2. The molecule has 2 heterocycles. The van der Waals surface area contributed by atoms with E-state index in [0.717, 1.165) is 39.2 Å². The maximum atomic E-state index is 5.34. The van der Waals surface area contributed by atoms with E-state index in [4.69, 9.17) is 9.97 Å². The Morgan fingerprint density at radius 2 is 0.845 bits per heavy atom. The van der Waals surface area contributed by atoms with E-state index in [0.29, 0.717) is 5.82 Å². The fraction of sp³-hybridized carbons (Fsp3) is 0.0182. The molecule has 0 saturated carbocycles. The van der Waals surface area contributed by atoms with E-state index in [1.807, 2.05) is 17.4 Å². The van der Waals surface area contributed by atoms with Gasteiger partial charge in [0.1, 0.15) is 0 Å². The van der Waals surface area contributed by atoms with Crippen molar-refractivity contribution in [3.8, 4) is 77.7 Å². The Morgan fingerprint density at radius 3 is 1.59 bits per heavy atom. The van der Waals surface area contributed by atoms with Crippen LogP contribution >= 0.6 is 11.3 Å². The van der Waals surface area contributed by atoms with Gasteiger partial charge in [0.05, 0.1) is 16.8 Å². The largest absolute Gasteiger partial charge is 0.228 e. The van der Waals surface area contributed by atoms with Crippen molar-refractivity contribution in [1.82, 2.24) is 9.97 Å². The standard InChI is InChI=1S/C55H34N2S/c1-3-15-35(16-4-1)36-27-29-38(30-28-36)50-34-49(37-17-5-2-6-18-37)56-54(57-50)43-21-8-7-19-40(43)39-31-32-42-41-20-9-12-24-46(41)55(48(42)33-39)47-25-13-10-22-44(47)53-52(55)45-23-11-14-26-51(45)58-53/h1-34H/t55-/m0/s1. The van der Waals surface area contributed by atoms with Gasteiger partial charge < -0.3 is 0 Å². The summed E-state index contributed by atoms with van der Waals surface area (Å²) in [6.07, 6.45) is 0. The second kappa shape index (κ2) is 12.9. The van der Waals surface area contributed by atoms with Crippen LogP contribution in [0.5, 0.6) is 0 Å². The van der Waals surface area contributed by atoms with Gasteiger partial charge in [-0.1, -0.05) is 188 Å². The van der Waals surface area contributed by atoms with E-state index in [9.17, 15) is 0 Å². The van der Waals surface area contributed by atoms with Crippen molar-refractivity contribution in [2.75, 3.05) is 0 Å². The number of nitrogens with zero attached hydrogens (tertiary/aromatic N) is 2. The number of hydrogen-bond acceptors (Lipinski definition) is 3. The van der Waals surface area contributed by atoms with Crippen LogP contribution < -0.4 is 0 Å². The van der Waals surface area contributed by atoms with E-state index in [1.165, 1.54) is 65.0 Å². The topological polar surface area (TPSA) is 25.8 Å². The summed E-state index contributed by atoms with van der Waals surface area (Å²) in [6, 6.07) is 74.6. The minimum Gasteiger partial charge on any atom is -0.228 e. The highest BCUT2D eigenvalue weighted by Crippen LogP contribution is 2.66. The third-order valence-electron chi connectivity index (χ3n) is 12.2. The molecule has 0 amide bonds. The summed E-state index contributed by atoms with van der Waals surface area (Å²) in [5, 5.41) is 1.34. The summed E-state index contributed by atoms with van der Waals surface area (Å²) in [7, 11) is 0. The average molecular weight is 755 g/mol. The van der Waals surface area contributed by atoms with Gasteiger partial charge in [-0.15, -0.1) is 11.3 Å². The molecule has 58 heavy (non-hydrogen) atoms. The van der Waals surface area contributed by atoms with Crippen LogP contribution in [-0.4, -0.2) is 9.97 Å². The quantitative estimate of drug-likeness (QED) is 0.175. The maximum absolute atomic E-state index is 5.34. The fourth-order valence-corrected chi connectivity index (χ4v) is 10.9. The lowest BCUT2D eigenvalue weighted by Gasteiger charge is -2.30. The van der Waals surface area contributed by atoms with Crippen molar-refractivity contribution < 1.29 is 0 Å². The van der Waals surface area contributed by atoms with Gasteiger partial charge in [-0.05, 0) is 84.8 Å². The SMILES string of the molecule is c1ccc(-c2ccc(-c3cc(-c4ccccc4)nc(-c4ccccc4-c4ccc5c(c4)[C@]4(c6ccccc6-5)c5ccccc5-c5sc6ccccc6c54)n3)cc2)cc1. The van der Waals surface area contributed by atoms with Crippen molar-refractivity contribution in [3.05, 3.63) is 229 Å². The van der Waals surface area contributed by atoms with Crippen LogP contribution in [0.1, 0.15) is 22.3 Å². The number of aromatic nitrogens is 2. The van der Waals surface area contributed by atoms with Crippen LogP contribution in [0.2, 0.25) is 0 Å². The average Bonchev–Trinajstić information content (AvgIpc) is 3.93. The molecule has 10 aromatic rings. The molecule has 1 atom stereocenters. The van der Waals surface area contributed by atoms with Crippen molar-refractivity contribution in [2.24, 2.45) is 0 Å². The molecule has 0 radical (unpaired) electrons. The predicted molar refractivity (Wildman–Crippen MR) is 241 cm³/mol. The van der Waals surface area contributed by atoms with Gasteiger partial charge in [-0.3, -0.25) is 0 Å². The first kappa shape index (κ1) is 33.0. The number of fused-ring (bicyclic) bond motifs is 12. The number of benzene rings is 8. The Hall–Kier alpha value is -7.20. The number of rotatable bonds is 5. The first-order valence-corrected chi connectivity index (χ1v) is 20.6. The smallest absolute Gasteiger partial charge is 0.161 e. The van der Waals surface area contributed by atoms with E-state index < -0.39 is 5.41 Å². The molecule has 12 rings (SSSR count). The van der Waals surface area contributed by atoms with Gasteiger partial charge in [-0.2, -0.15) is 0 Å². The summed E-state index contributed by atoms with van der Waals surface area (Å²) in [4.78, 5) is 12.0. The number of thiophene rings is 1. The number of hydrogen-bond donors (Lipinski definition) is 0. The first-order chi connectivity index (χ1) is 28.8. The summed E-state index contributed by atoms with van der Waals surface area (Å²) >= 11 is 1.92. The highest BCUT2D eigenvalue weighted by atomic mass is 32.1. The molecule has 0 bridgehead atoms. The Kier molecular flexibility index (Phi) is 7.35. The van der Waals surface area contributed by atoms with Crippen LogP contribution in [0.15, 0.2) is 206 Å². The zero-order valence-electron chi connectivity index (χ0n) is 31.4. The zero-order valence-corrected chi connectivity index (χ0v) is 32.2. The summed E-state index contributed by atoms with van der Waals surface area (Å²) in [5.74, 6) is 0.704. The molecule has 270 valence electrons. The third kappa shape index (κ3) is 4.84. The Balaban J connectivity index is 1.06. The van der Waals surface area contributed by atoms with Gasteiger partial charge in [0.15, 0.2) is 5.82 Å². The van der Waals surface area contributed by atoms with Crippen LogP contribution in [0, 0.1) is 0 Å². The lowest BCUT2D eigenvalue weighted by Crippen LogP contribution is -2.25. The molecule has 2 nitrogen and oxygen atoms in total. The normalized spacial score (nSPS) is 14.6. The molecule has 3 heteroatoms. The van der Waals surface area contributed by atoms with Gasteiger partial charge in [0.25, 0.3) is 0 Å². The third-order valence-corrected chi connectivity index (χ3v) is 13.4. The molecule has 1 spiro atoms. The Morgan fingerprint density at radius 1 is 0.345 bits per heavy atom. The van der Waals surface area contributed by atoms with Gasteiger partial charge in [-0.25, -0.2) is 9.97 Å². The minimum atomic E-state index is -0.439. The van der Waals surface area contributed by atoms with Crippen molar-refractivity contribution in [3.63, 3.8) is 0 Å². The summed E-state index contributed by atoms with van der Waals surface area (Å²) in [6.45, 7) is 0. The summed E-state index contributed by atoms with van der Waals surface area (Å²) in [5.41, 5.74) is 18.5. The second-order valence-corrected chi connectivity index (χ2v) is 16.3. The van der Waals surface area contributed by atoms with Crippen LogP contribution in [-0.2, 0) is 5.41 Å². The van der Waals surface area contributed by atoms with Crippen molar-refractivity contribution in [1.29, 1.82) is 0 Å². The molecule has 0 aliphatic heterocycles. The fourth-order valence-electron chi connectivity index (χ4n) is 9.62. The van der Waals surface area contributed by atoms with Gasteiger partial charge in [0.2, 0.25) is 0 Å². The molecule has 0 fully saturated rings. The van der Waals surface area contributed by atoms with Crippen molar-refractivity contribution in [2.45, 2.75) is 5.41 Å². The Labute approximate surface area is 341 Å². The monoisotopic (exact) mass is 754 g/mol. The van der Waals surface area contributed by atoms with E-state index in [1.54, 1.807) is 0 Å². The lowest BCUT2D eigenvalue weighted by atomic mass is 9.70. The molecular formula is C55H34N2S.